The molecule has 0 amide bonds. The molecule has 1 aromatic rings. The maximum absolute atomic E-state index is 13.0. The molecule has 6 nitrogen and oxygen atoms in total. The van der Waals surface area contributed by atoms with Crippen LogP contribution in [-0.2, 0) is 30.2 Å². The predicted molar refractivity (Wildman–Crippen MR) is 113 cm³/mol. The van der Waals surface area contributed by atoms with Crippen LogP contribution in [0.4, 0.5) is 13.2 Å². The lowest BCUT2D eigenvalue weighted by Crippen LogP contribution is -2.70. The summed E-state index contributed by atoms with van der Waals surface area (Å²) >= 11 is 0. The van der Waals surface area contributed by atoms with Gasteiger partial charge in [-0.15, -0.1) is 0 Å². The van der Waals surface area contributed by atoms with Crippen molar-refractivity contribution >= 4 is 5.97 Å². The summed E-state index contributed by atoms with van der Waals surface area (Å²) in [6.07, 6.45) is -1.20. The minimum atomic E-state index is -4.52. The van der Waals surface area contributed by atoms with Gasteiger partial charge in [-0.1, -0.05) is 19.9 Å². The number of ether oxygens (including phenoxy) is 3. The third kappa shape index (κ3) is 3.94. The monoisotopic (exact) mass is 484 g/mol. The zero-order valence-corrected chi connectivity index (χ0v) is 19.6. The molecule has 5 fully saturated rings. The highest BCUT2D eigenvalue weighted by molar-refractivity contribution is 5.89. The second-order valence-corrected chi connectivity index (χ2v) is 10.4. The van der Waals surface area contributed by atoms with E-state index in [4.69, 9.17) is 24.0 Å². The molecule has 5 aliphatic rings. The Morgan fingerprint density at radius 2 is 1.94 bits per heavy atom. The van der Waals surface area contributed by atoms with Crippen LogP contribution < -0.4 is 0 Å². The van der Waals surface area contributed by atoms with Crippen molar-refractivity contribution in [2.45, 2.75) is 82.8 Å². The summed E-state index contributed by atoms with van der Waals surface area (Å²) in [5.74, 6) is -0.646. The number of rotatable bonds is 4. The summed E-state index contributed by atoms with van der Waals surface area (Å²) in [4.78, 5) is 24.3. The molecule has 1 aliphatic carbocycles. The van der Waals surface area contributed by atoms with Crippen molar-refractivity contribution in [3.05, 3.63) is 35.4 Å². The highest BCUT2D eigenvalue weighted by atomic mass is 19.4. The first kappa shape index (κ1) is 24.0. The molecule has 188 valence electrons. The van der Waals surface area contributed by atoms with Crippen molar-refractivity contribution in [3.63, 3.8) is 0 Å². The highest BCUT2D eigenvalue weighted by Crippen LogP contribution is 2.60. The van der Waals surface area contributed by atoms with Crippen molar-refractivity contribution < 1.29 is 42.0 Å². The lowest BCUT2D eigenvalue weighted by atomic mass is 9.57. The average molecular weight is 485 g/mol. The molecule has 9 heteroatoms. The quantitative estimate of drug-likeness (QED) is 0.415. The molecule has 4 aliphatic heterocycles. The summed E-state index contributed by atoms with van der Waals surface area (Å²) < 4.78 is 56.9. The third-order valence-corrected chi connectivity index (χ3v) is 8.36. The fourth-order valence-electron chi connectivity index (χ4n) is 6.48. The van der Waals surface area contributed by atoms with Crippen LogP contribution >= 0.6 is 0 Å². The number of fused-ring (bicyclic) bond motifs is 2. The fourth-order valence-corrected chi connectivity index (χ4v) is 6.48. The Labute approximate surface area is 196 Å². The van der Waals surface area contributed by atoms with Crippen molar-refractivity contribution in [1.29, 1.82) is 0 Å². The largest absolute Gasteiger partial charge is 0.462 e. The second-order valence-electron chi connectivity index (χ2n) is 10.4. The first-order valence-corrected chi connectivity index (χ1v) is 12.1. The minimum Gasteiger partial charge on any atom is -0.462 e. The van der Waals surface area contributed by atoms with Crippen LogP contribution in [0.1, 0.15) is 68.8 Å². The van der Waals surface area contributed by atoms with Crippen molar-refractivity contribution in [2.24, 2.45) is 23.7 Å². The van der Waals surface area contributed by atoms with E-state index in [0.29, 0.717) is 12.3 Å². The van der Waals surface area contributed by atoms with E-state index in [-0.39, 0.29) is 36.0 Å². The van der Waals surface area contributed by atoms with Gasteiger partial charge in [0.25, 0.3) is 0 Å². The zero-order chi connectivity index (χ0) is 24.3. The number of hydrogen-bond donors (Lipinski definition) is 0. The number of carbonyl (C=O) groups excluding carboxylic acids is 1. The van der Waals surface area contributed by atoms with E-state index >= 15 is 0 Å². The number of halogens is 3. The van der Waals surface area contributed by atoms with Gasteiger partial charge < -0.3 is 14.2 Å². The molecule has 1 saturated carbocycles. The Morgan fingerprint density at radius 3 is 2.71 bits per heavy atom. The van der Waals surface area contributed by atoms with E-state index in [9.17, 15) is 18.0 Å². The first-order valence-electron chi connectivity index (χ1n) is 12.1. The summed E-state index contributed by atoms with van der Waals surface area (Å²) in [5.41, 5.74) is -1.66. The van der Waals surface area contributed by atoms with Crippen molar-refractivity contribution in [1.82, 2.24) is 0 Å². The molecule has 1 aromatic carbocycles. The number of alkyl halides is 3. The van der Waals surface area contributed by atoms with Crippen molar-refractivity contribution in [3.8, 4) is 0 Å². The van der Waals surface area contributed by atoms with Gasteiger partial charge in [0.1, 0.15) is 0 Å². The fraction of sp³-hybridized carbons (Fsp3) is 0.720. The maximum Gasteiger partial charge on any atom is 0.416 e. The molecule has 0 radical (unpaired) electrons. The molecule has 6 rings (SSSR count). The van der Waals surface area contributed by atoms with Gasteiger partial charge >= 0.3 is 12.1 Å². The topological polar surface area (TPSA) is 63.2 Å². The molecule has 0 aromatic heterocycles. The van der Waals surface area contributed by atoms with Gasteiger partial charge in [0.2, 0.25) is 5.79 Å². The summed E-state index contributed by atoms with van der Waals surface area (Å²) in [5, 5.41) is 0. The Balaban J connectivity index is 1.27. The molecule has 2 bridgehead atoms. The normalized spacial score (nSPS) is 41.5. The lowest BCUT2D eigenvalue weighted by Gasteiger charge is -2.60. The predicted octanol–water partition coefficient (Wildman–Crippen LogP) is 5.50. The molecule has 4 heterocycles. The zero-order valence-electron chi connectivity index (χ0n) is 19.6. The van der Waals surface area contributed by atoms with Gasteiger partial charge in [-0.25, -0.2) is 14.6 Å². The molecule has 4 saturated heterocycles. The number of carbonyl (C=O) groups is 1. The molecule has 8 atom stereocenters. The first-order chi connectivity index (χ1) is 16.0. The standard InChI is InChI=1S/C25H31F3O6/c1-14-7-8-19-15(2)20(31-22-24(19)18(14)9-11-23(3,32-22)33-34-24)10-12-30-21(29)16-5-4-6-17(13-16)25(26,27)28/h4-6,13-15,18-20,22H,7-12H2,1-3H3/t14-,15-,18+,19+,20-,22-,23-,24-/m1/s1. The molecule has 1 spiro atoms. The lowest BCUT2D eigenvalue weighted by molar-refractivity contribution is -0.571. The van der Waals surface area contributed by atoms with E-state index in [2.05, 4.69) is 13.8 Å². The van der Waals surface area contributed by atoms with E-state index in [1.807, 2.05) is 6.92 Å². The van der Waals surface area contributed by atoms with E-state index in [1.165, 1.54) is 12.1 Å². The van der Waals surface area contributed by atoms with E-state index < -0.39 is 35.4 Å². The van der Waals surface area contributed by atoms with Gasteiger partial charge in [-0.2, -0.15) is 13.2 Å². The van der Waals surface area contributed by atoms with Crippen LogP contribution in [0.25, 0.3) is 0 Å². The Morgan fingerprint density at radius 1 is 1.15 bits per heavy atom. The van der Waals surface area contributed by atoms with Gasteiger partial charge in [0.15, 0.2) is 11.9 Å². The summed E-state index contributed by atoms with van der Waals surface area (Å²) in [6, 6.07) is 4.25. The number of esters is 1. The Hall–Kier alpha value is -1.68. The van der Waals surface area contributed by atoms with Crippen LogP contribution in [0.15, 0.2) is 24.3 Å². The van der Waals surface area contributed by atoms with E-state index in [0.717, 1.165) is 37.8 Å². The minimum absolute atomic E-state index is 0.0327. The van der Waals surface area contributed by atoms with Gasteiger partial charge in [-0.05, 0) is 62.1 Å². The second kappa shape index (κ2) is 8.47. The third-order valence-electron chi connectivity index (χ3n) is 8.36. The number of benzene rings is 1. The van der Waals surface area contributed by atoms with E-state index in [1.54, 1.807) is 0 Å². The SMILES string of the molecule is C[C@H]1[C@@H](CCOC(=O)c2cccc(C(F)(F)F)c2)O[C@@H]2O[C@@]3(C)CC[C@H]4[C@H](C)CC[C@@H]1[C@@]24OO3. The van der Waals surface area contributed by atoms with Gasteiger partial charge in [0.05, 0.1) is 23.8 Å². The molecular weight excluding hydrogens is 453 g/mol. The van der Waals surface area contributed by atoms with Crippen LogP contribution in [0, 0.1) is 23.7 Å². The summed E-state index contributed by atoms with van der Waals surface area (Å²) in [7, 11) is 0. The van der Waals surface area contributed by atoms with Crippen molar-refractivity contribution in [2.75, 3.05) is 6.61 Å². The van der Waals surface area contributed by atoms with Crippen LogP contribution in [0.5, 0.6) is 0 Å². The molecule has 34 heavy (non-hydrogen) atoms. The number of hydrogen-bond acceptors (Lipinski definition) is 6. The smallest absolute Gasteiger partial charge is 0.416 e. The maximum atomic E-state index is 13.0. The molecular formula is C25H31F3O6. The molecule has 0 N–H and O–H groups in total. The summed E-state index contributed by atoms with van der Waals surface area (Å²) in [6.45, 7) is 6.26. The Kier molecular flexibility index (Phi) is 5.98. The Bertz CT molecular complexity index is 937. The average Bonchev–Trinajstić information content (AvgIpc) is 3.02. The highest BCUT2D eigenvalue weighted by Gasteiger charge is 2.69. The van der Waals surface area contributed by atoms with Gasteiger partial charge in [0, 0.05) is 18.8 Å². The van der Waals surface area contributed by atoms with Crippen LogP contribution in [0.2, 0.25) is 0 Å². The molecule has 0 unspecified atom stereocenters. The van der Waals surface area contributed by atoms with Crippen LogP contribution in [-0.4, -0.2) is 36.4 Å². The van der Waals surface area contributed by atoms with Crippen LogP contribution in [0.3, 0.4) is 0 Å². The van der Waals surface area contributed by atoms with Gasteiger partial charge in [-0.3, -0.25) is 0 Å².